The molecule has 0 aliphatic rings. The van der Waals surface area contributed by atoms with E-state index in [0.29, 0.717) is 13.2 Å². The highest BCUT2D eigenvalue weighted by molar-refractivity contribution is 6.21. The number of hydrogen-bond donors (Lipinski definition) is 0. The van der Waals surface area contributed by atoms with Gasteiger partial charge in [-0.3, -0.25) is 0 Å². The van der Waals surface area contributed by atoms with Crippen LogP contribution in [0.15, 0.2) is 24.5 Å². The van der Waals surface area contributed by atoms with Gasteiger partial charge >= 0.3 is 0 Å². The number of hydrogen-bond acceptors (Lipinski definition) is 4. The Hall–Kier alpha value is -1.33. The van der Waals surface area contributed by atoms with Gasteiger partial charge in [-0.1, -0.05) is 0 Å². The van der Waals surface area contributed by atoms with E-state index in [1.807, 2.05) is 30.3 Å². The minimum absolute atomic E-state index is 0.0482. The van der Waals surface area contributed by atoms with Crippen LogP contribution in [-0.4, -0.2) is 47.3 Å². The van der Waals surface area contributed by atoms with Crippen molar-refractivity contribution in [1.29, 1.82) is 0 Å². The van der Waals surface area contributed by atoms with Crippen molar-refractivity contribution in [3.63, 3.8) is 0 Å². The first-order chi connectivity index (χ1) is 8.20. The Morgan fingerprint density at radius 2 is 2.35 bits per heavy atom. The summed E-state index contributed by atoms with van der Waals surface area (Å²) in [6.45, 7) is 1.22. The quantitative estimate of drug-likeness (QED) is 0.757. The van der Waals surface area contributed by atoms with Crippen molar-refractivity contribution < 1.29 is 4.74 Å². The highest BCUT2D eigenvalue weighted by Crippen LogP contribution is 2.12. The van der Waals surface area contributed by atoms with Crippen LogP contribution < -0.4 is 4.90 Å². The summed E-state index contributed by atoms with van der Waals surface area (Å²) in [5.41, 5.74) is 0.826. The second kappa shape index (κ2) is 5.33. The average Bonchev–Trinajstić information content (AvgIpc) is 2.75. The van der Waals surface area contributed by atoms with E-state index >= 15 is 0 Å². The van der Waals surface area contributed by atoms with Gasteiger partial charge in [-0.15, -0.1) is 11.6 Å². The van der Waals surface area contributed by atoms with Crippen LogP contribution in [0.4, 0.5) is 5.82 Å². The predicted octanol–water partition coefficient (Wildman–Crippen LogP) is 1.42. The molecule has 2 aromatic rings. The van der Waals surface area contributed by atoms with Crippen molar-refractivity contribution in [1.82, 2.24) is 14.6 Å². The lowest BCUT2D eigenvalue weighted by Gasteiger charge is -2.20. The summed E-state index contributed by atoms with van der Waals surface area (Å²) in [7, 11) is 3.60. The van der Waals surface area contributed by atoms with Gasteiger partial charge in [-0.25, -0.2) is 9.50 Å². The van der Waals surface area contributed by atoms with Gasteiger partial charge in [0.15, 0.2) is 5.65 Å². The van der Waals surface area contributed by atoms with Crippen LogP contribution in [0.3, 0.4) is 0 Å². The fourth-order valence-electron chi connectivity index (χ4n) is 1.64. The molecule has 2 aromatic heterocycles. The van der Waals surface area contributed by atoms with E-state index in [-0.39, 0.29) is 5.38 Å². The molecule has 0 N–H and O–H groups in total. The molecule has 1 atom stereocenters. The zero-order chi connectivity index (χ0) is 12.3. The van der Waals surface area contributed by atoms with Crippen LogP contribution in [0.1, 0.15) is 0 Å². The number of methoxy groups -OCH3 is 1. The smallest absolute Gasteiger partial charge is 0.157 e. The molecule has 0 aromatic carbocycles. The molecular formula is C11H15ClN4O. The number of alkyl halides is 1. The summed E-state index contributed by atoms with van der Waals surface area (Å²) in [5, 5.41) is 4.05. The van der Waals surface area contributed by atoms with E-state index in [1.54, 1.807) is 17.8 Å². The van der Waals surface area contributed by atoms with Crippen LogP contribution in [-0.2, 0) is 4.74 Å². The van der Waals surface area contributed by atoms with E-state index in [2.05, 4.69) is 10.1 Å². The van der Waals surface area contributed by atoms with E-state index in [0.717, 1.165) is 11.5 Å². The highest BCUT2D eigenvalue weighted by atomic mass is 35.5. The molecule has 17 heavy (non-hydrogen) atoms. The maximum absolute atomic E-state index is 6.11. The maximum Gasteiger partial charge on any atom is 0.157 e. The molecule has 0 saturated heterocycles. The number of ether oxygens (including phenoxy) is 1. The summed E-state index contributed by atoms with van der Waals surface area (Å²) in [5.74, 6) is 0.875. The van der Waals surface area contributed by atoms with Crippen molar-refractivity contribution in [2.45, 2.75) is 5.38 Å². The third-order valence-electron chi connectivity index (χ3n) is 2.45. The third kappa shape index (κ3) is 2.87. The molecule has 0 bridgehead atoms. The molecule has 0 aliphatic heterocycles. The third-order valence-corrected chi connectivity index (χ3v) is 2.72. The minimum atomic E-state index is -0.0482. The monoisotopic (exact) mass is 254 g/mol. The van der Waals surface area contributed by atoms with Crippen LogP contribution in [0, 0.1) is 0 Å². The summed E-state index contributed by atoms with van der Waals surface area (Å²) < 4.78 is 6.73. The van der Waals surface area contributed by atoms with Gasteiger partial charge in [0.05, 0.1) is 18.2 Å². The zero-order valence-electron chi connectivity index (χ0n) is 9.88. The van der Waals surface area contributed by atoms with E-state index in [1.165, 1.54) is 0 Å². The van der Waals surface area contributed by atoms with Crippen LogP contribution in [0.5, 0.6) is 0 Å². The number of rotatable bonds is 5. The predicted molar refractivity (Wildman–Crippen MR) is 67.8 cm³/mol. The lowest BCUT2D eigenvalue weighted by molar-refractivity contribution is 0.199. The molecule has 0 amide bonds. The molecule has 5 nitrogen and oxygen atoms in total. The van der Waals surface area contributed by atoms with Crippen molar-refractivity contribution in [2.75, 3.05) is 32.2 Å². The van der Waals surface area contributed by atoms with Crippen molar-refractivity contribution >= 4 is 23.1 Å². The molecule has 92 valence electrons. The lowest BCUT2D eigenvalue weighted by atomic mass is 10.4. The average molecular weight is 255 g/mol. The second-order valence-electron chi connectivity index (χ2n) is 3.85. The fourth-order valence-corrected chi connectivity index (χ4v) is 1.97. The van der Waals surface area contributed by atoms with Gasteiger partial charge in [0.1, 0.15) is 5.82 Å². The molecule has 1 unspecified atom stereocenters. The minimum Gasteiger partial charge on any atom is -0.383 e. The standard InChI is InChI=1S/C11H15ClN4O/c1-15(7-9(12)8-17-2)10-4-6-16-11(14-10)3-5-13-16/h3-6,9H,7-8H2,1-2H3. The topological polar surface area (TPSA) is 42.7 Å². The van der Waals surface area contributed by atoms with Gasteiger partial charge in [0, 0.05) is 33.0 Å². The summed E-state index contributed by atoms with van der Waals surface area (Å²) in [6, 6.07) is 3.78. The van der Waals surface area contributed by atoms with Crippen LogP contribution in [0.25, 0.3) is 5.65 Å². The molecule has 2 rings (SSSR count). The molecule has 2 heterocycles. The second-order valence-corrected chi connectivity index (χ2v) is 4.47. The zero-order valence-corrected chi connectivity index (χ0v) is 10.6. The number of aromatic nitrogens is 3. The molecular weight excluding hydrogens is 240 g/mol. The van der Waals surface area contributed by atoms with Gasteiger partial charge < -0.3 is 9.64 Å². The number of fused-ring (bicyclic) bond motifs is 1. The Labute approximate surface area is 105 Å². The van der Waals surface area contributed by atoms with Gasteiger partial charge in [0.25, 0.3) is 0 Å². The Bertz CT molecular complexity index is 487. The molecule has 0 fully saturated rings. The number of halogens is 1. The number of nitrogens with zero attached hydrogens (tertiary/aromatic N) is 4. The van der Waals surface area contributed by atoms with Gasteiger partial charge in [-0.2, -0.15) is 5.10 Å². The molecule has 0 saturated carbocycles. The maximum atomic E-state index is 6.11. The first-order valence-corrected chi connectivity index (χ1v) is 5.79. The van der Waals surface area contributed by atoms with E-state index < -0.39 is 0 Å². The van der Waals surface area contributed by atoms with Crippen LogP contribution >= 0.6 is 11.6 Å². The summed E-state index contributed by atoms with van der Waals surface area (Å²) in [4.78, 5) is 6.48. The largest absolute Gasteiger partial charge is 0.383 e. The molecule has 0 radical (unpaired) electrons. The normalized spacial score (nSPS) is 12.9. The first kappa shape index (κ1) is 12.1. The Kier molecular flexibility index (Phi) is 3.81. The Morgan fingerprint density at radius 1 is 1.53 bits per heavy atom. The molecule has 0 spiro atoms. The molecule has 0 aliphatic carbocycles. The summed E-state index contributed by atoms with van der Waals surface area (Å²) >= 11 is 6.11. The Morgan fingerprint density at radius 3 is 3.12 bits per heavy atom. The van der Waals surface area contributed by atoms with Crippen molar-refractivity contribution in [3.05, 3.63) is 24.5 Å². The van der Waals surface area contributed by atoms with E-state index in [4.69, 9.17) is 16.3 Å². The Balaban J connectivity index is 2.09. The number of anilines is 1. The van der Waals surface area contributed by atoms with Crippen molar-refractivity contribution in [3.8, 4) is 0 Å². The first-order valence-electron chi connectivity index (χ1n) is 5.35. The SMILES string of the molecule is COCC(Cl)CN(C)c1ccn2nccc2n1. The van der Waals surface area contributed by atoms with Crippen molar-refractivity contribution in [2.24, 2.45) is 0 Å². The van der Waals surface area contributed by atoms with Gasteiger partial charge in [-0.05, 0) is 6.07 Å². The van der Waals surface area contributed by atoms with E-state index in [9.17, 15) is 0 Å². The fraction of sp³-hybridized carbons (Fsp3) is 0.455. The van der Waals surface area contributed by atoms with Gasteiger partial charge in [0.2, 0.25) is 0 Å². The molecule has 6 heteroatoms. The lowest BCUT2D eigenvalue weighted by Crippen LogP contribution is -2.29. The van der Waals surface area contributed by atoms with Crippen LogP contribution in [0.2, 0.25) is 0 Å². The summed E-state index contributed by atoms with van der Waals surface area (Å²) in [6.07, 6.45) is 3.61. The highest BCUT2D eigenvalue weighted by Gasteiger charge is 2.10.